The van der Waals surface area contributed by atoms with Gasteiger partial charge < -0.3 is 24.5 Å². The lowest BCUT2D eigenvalue weighted by atomic mass is 9.74. The number of halogens is 1. The highest BCUT2D eigenvalue weighted by Gasteiger charge is 2.75. The molecular formula is C33H36ClN3O5. The number of fused-ring (bicyclic) bond motifs is 2. The molecule has 0 radical (unpaired) electrons. The molecule has 0 bridgehead atoms. The van der Waals surface area contributed by atoms with Crippen LogP contribution in [0.1, 0.15) is 25.8 Å². The van der Waals surface area contributed by atoms with Gasteiger partial charge in [0.1, 0.15) is 11.6 Å². The quantitative estimate of drug-likeness (QED) is 0.498. The molecule has 2 aromatic carbocycles. The summed E-state index contributed by atoms with van der Waals surface area (Å²) in [6.07, 6.45) is 8.63. The number of carbonyl (C=O) groups excluding carboxylic acids is 3. The minimum Gasteiger partial charge on any atom is -0.394 e. The van der Waals surface area contributed by atoms with Crippen LogP contribution in [-0.4, -0.2) is 82.2 Å². The Morgan fingerprint density at radius 2 is 1.67 bits per heavy atom. The zero-order valence-corrected chi connectivity index (χ0v) is 24.6. The van der Waals surface area contributed by atoms with Gasteiger partial charge in [-0.15, -0.1) is 0 Å². The van der Waals surface area contributed by atoms with Gasteiger partial charge in [0, 0.05) is 30.3 Å². The molecule has 0 saturated carbocycles. The summed E-state index contributed by atoms with van der Waals surface area (Å²) < 4.78 is 6.91. The number of carbonyl (C=O) groups is 3. The van der Waals surface area contributed by atoms with Gasteiger partial charge in [0.2, 0.25) is 11.8 Å². The largest absolute Gasteiger partial charge is 0.394 e. The lowest BCUT2D eigenvalue weighted by Crippen LogP contribution is -2.59. The second-order valence-electron chi connectivity index (χ2n) is 11.8. The maximum atomic E-state index is 14.7. The van der Waals surface area contributed by atoms with Crippen molar-refractivity contribution in [3.8, 4) is 0 Å². The van der Waals surface area contributed by atoms with E-state index in [2.05, 4.69) is 0 Å². The Kier molecular flexibility index (Phi) is 7.50. The summed E-state index contributed by atoms with van der Waals surface area (Å²) in [5.41, 5.74) is -0.920. The molecule has 1 unspecified atom stereocenters. The van der Waals surface area contributed by atoms with E-state index < -0.39 is 35.1 Å². The summed E-state index contributed by atoms with van der Waals surface area (Å²) in [5.74, 6) is -2.58. The first kappa shape index (κ1) is 28.6. The topological polar surface area (TPSA) is 90.4 Å². The molecule has 9 heteroatoms. The van der Waals surface area contributed by atoms with Crippen molar-refractivity contribution in [2.45, 2.75) is 50.0 Å². The van der Waals surface area contributed by atoms with Crippen LogP contribution in [0.15, 0.2) is 78.9 Å². The van der Waals surface area contributed by atoms with Crippen LogP contribution in [0.3, 0.4) is 0 Å². The number of hydrogen-bond donors (Lipinski definition) is 1. The smallest absolute Gasteiger partial charge is 0.253 e. The number of likely N-dealkylation sites (tertiary alicyclic amines) is 1. The van der Waals surface area contributed by atoms with Gasteiger partial charge in [-0.1, -0.05) is 73.2 Å². The molecule has 4 aliphatic heterocycles. The molecule has 6 atom stereocenters. The van der Waals surface area contributed by atoms with Gasteiger partial charge in [0.25, 0.3) is 5.91 Å². The van der Waals surface area contributed by atoms with E-state index in [9.17, 15) is 19.5 Å². The van der Waals surface area contributed by atoms with Crippen molar-refractivity contribution in [2.24, 2.45) is 11.8 Å². The van der Waals surface area contributed by atoms with Crippen molar-refractivity contribution in [2.75, 3.05) is 31.1 Å². The number of aliphatic hydroxyl groups is 1. The molecule has 0 aromatic heterocycles. The first-order valence-electron chi connectivity index (χ1n) is 14.6. The summed E-state index contributed by atoms with van der Waals surface area (Å²) in [6.45, 7) is 4.76. The number of anilines is 1. The summed E-state index contributed by atoms with van der Waals surface area (Å²) in [4.78, 5) is 48.5. The van der Waals surface area contributed by atoms with E-state index in [1.165, 1.54) is 4.90 Å². The molecule has 3 amide bonds. The summed E-state index contributed by atoms with van der Waals surface area (Å²) in [5, 5.41) is 11.2. The fraction of sp³-hybridized carbons (Fsp3) is 0.424. The van der Waals surface area contributed by atoms with E-state index >= 15 is 0 Å². The molecule has 4 heterocycles. The van der Waals surface area contributed by atoms with Gasteiger partial charge >= 0.3 is 0 Å². The average Bonchev–Trinajstić information content (AvgIpc) is 3.26. The van der Waals surface area contributed by atoms with Gasteiger partial charge in [-0.3, -0.25) is 14.4 Å². The molecule has 1 spiro atoms. The van der Waals surface area contributed by atoms with E-state index in [1.54, 1.807) is 34.1 Å². The van der Waals surface area contributed by atoms with E-state index in [1.807, 2.05) is 68.5 Å². The number of amides is 3. The molecule has 4 aliphatic rings. The van der Waals surface area contributed by atoms with E-state index in [0.717, 1.165) is 12.0 Å². The van der Waals surface area contributed by atoms with Gasteiger partial charge in [-0.25, -0.2) is 0 Å². The van der Waals surface area contributed by atoms with Crippen LogP contribution in [-0.2, 0) is 25.5 Å². The number of rotatable bonds is 7. The molecule has 2 saturated heterocycles. The zero-order chi connectivity index (χ0) is 29.6. The van der Waals surface area contributed by atoms with E-state index in [4.69, 9.17) is 16.3 Å². The van der Waals surface area contributed by atoms with Crippen molar-refractivity contribution in [3.05, 3.63) is 89.5 Å². The highest BCUT2D eigenvalue weighted by Crippen LogP contribution is 2.58. The molecular weight excluding hydrogens is 554 g/mol. The van der Waals surface area contributed by atoms with Crippen molar-refractivity contribution in [1.29, 1.82) is 0 Å². The Hall–Kier alpha value is -3.46. The molecule has 8 nitrogen and oxygen atoms in total. The van der Waals surface area contributed by atoms with E-state index in [-0.39, 0.29) is 30.9 Å². The van der Waals surface area contributed by atoms with Crippen LogP contribution in [0, 0.1) is 11.8 Å². The van der Waals surface area contributed by atoms with Gasteiger partial charge in [-0.05, 0) is 49.6 Å². The van der Waals surface area contributed by atoms with Gasteiger partial charge in [-0.2, -0.15) is 0 Å². The monoisotopic (exact) mass is 589 g/mol. The fourth-order valence-corrected chi connectivity index (χ4v) is 7.49. The highest BCUT2D eigenvalue weighted by atomic mass is 35.5. The first-order chi connectivity index (χ1) is 20.2. The molecule has 42 heavy (non-hydrogen) atoms. The third-order valence-corrected chi connectivity index (χ3v) is 9.38. The second kappa shape index (κ2) is 11.0. The summed E-state index contributed by atoms with van der Waals surface area (Å²) in [6, 6.07) is 14.8. The number of benzene rings is 2. The number of ether oxygens (including phenoxy) is 1. The fourth-order valence-electron chi connectivity index (χ4n) is 7.37. The second-order valence-corrected chi connectivity index (χ2v) is 12.2. The minimum atomic E-state index is -1.39. The number of nitrogens with zero attached hydrogens (tertiary/aromatic N) is 3. The van der Waals surface area contributed by atoms with Gasteiger partial charge in [0.05, 0.1) is 30.1 Å². The Labute approximate surface area is 251 Å². The normalized spacial score (nSPS) is 31.1. The Bertz CT molecular complexity index is 1430. The van der Waals surface area contributed by atoms with Crippen LogP contribution in [0.25, 0.3) is 0 Å². The third kappa shape index (κ3) is 4.48. The Balaban J connectivity index is 1.49. The first-order valence-corrected chi connectivity index (χ1v) is 15.0. The van der Waals surface area contributed by atoms with Crippen molar-refractivity contribution in [1.82, 2.24) is 9.80 Å². The van der Waals surface area contributed by atoms with Crippen LogP contribution in [0.2, 0.25) is 5.02 Å². The minimum absolute atomic E-state index is 0.150. The molecule has 2 aromatic rings. The Morgan fingerprint density at radius 3 is 2.36 bits per heavy atom. The van der Waals surface area contributed by atoms with Crippen molar-refractivity contribution in [3.63, 3.8) is 0 Å². The van der Waals surface area contributed by atoms with E-state index in [0.29, 0.717) is 30.2 Å². The summed E-state index contributed by atoms with van der Waals surface area (Å²) in [7, 11) is 0. The molecule has 220 valence electrons. The van der Waals surface area contributed by atoms with Crippen LogP contribution >= 0.6 is 11.6 Å². The summed E-state index contributed by atoms with van der Waals surface area (Å²) >= 11 is 6.15. The zero-order valence-electron chi connectivity index (χ0n) is 23.9. The van der Waals surface area contributed by atoms with Crippen LogP contribution in [0.5, 0.6) is 0 Å². The number of hydrogen-bond acceptors (Lipinski definition) is 5. The SMILES string of the molecule is CCCN1CC=C[C@@]2(C)O[C@]34C=CCN(c5ccc(Cl)cc5)C(=O)C3N([C@@H](CO)Cc3ccccc3)C(=O)[C@@H]4[C@H]2C1=O. The lowest BCUT2D eigenvalue weighted by Gasteiger charge is -2.40. The maximum absolute atomic E-state index is 14.7. The van der Waals surface area contributed by atoms with Crippen molar-refractivity contribution < 1.29 is 24.2 Å². The predicted octanol–water partition coefficient (Wildman–Crippen LogP) is 3.63. The standard InChI is InChI=1S/C33H36ClN3O5/c1-3-17-35-18-7-15-32(2)26(29(35)39)27-30(40)37(25(21-38)20-22-9-5-4-6-10-22)28-31(41)36(19-8-16-33(27,28)42-32)24-13-11-23(34)12-14-24/h4-16,25-28,38H,3,17-21H2,1-2H3/t25-,26+,27+,28?,32-,33+/m1/s1. The Morgan fingerprint density at radius 1 is 0.952 bits per heavy atom. The molecule has 0 aliphatic carbocycles. The molecule has 6 rings (SSSR count). The van der Waals surface area contributed by atoms with Crippen LogP contribution in [0.4, 0.5) is 5.69 Å². The lowest BCUT2D eigenvalue weighted by molar-refractivity contribution is -0.151. The van der Waals surface area contributed by atoms with Crippen LogP contribution < -0.4 is 4.90 Å². The predicted molar refractivity (Wildman–Crippen MR) is 160 cm³/mol. The molecule has 2 fully saturated rings. The molecule has 1 N–H and O–H groups in total. The average molecular weight is 590 g/mol. The maximum Gasteiger partial charge on any atom is 0.253 e. The third-order valence-electron chi connectivity index (χ3n) is 9.13. The highest BCUT2D eigenvalue weighted by molar-refractivity contribution is 6.30. The number of aliphatic hydroxyl groups excluding tert-OH is 1. The van der Waals surface area contributed by atoms with Crippen molar-refractivity contribution >= 4 is 35.0 Å². The van der Waals surface area contributed by atoms with Gasteiger partial charge in [0.15, 0.2) is 0 Å².